The molecule has 30 heavy (non-hydrogen) atoms. The van der Waals surface area contributed by atoms with Crippen molar-refractivity contribution in [3.8, 4) is 16.3 Å². The fraction of sp³-hybridized carbons (Fsp3) is 0.238. The molecule has 0 unspecified atom stereocenters. The number of thiazole rings is 1. The van der Waals surface area contributed by atoms with E-state index in [1.54, 1.807) is 35.6 Å². The lowest BCUT2D eigenvalue weighted by molar-refractivity contribution is -0.384. The number of methoxy groups -OCH3 is 1. The van der Waals surface area contributed by atoms with Crippen molar-refractivity contribution in [3.05, 3.63) is 69.7 Å². The third-order valence-corrected chi connectivity index (χ3v) is 5.94. The van der Waals surface area contributed by atoms with Crippen LogP contribution >= 0.6 is 11.3 Å². The Balaban J connectivity index is 1.42. The van der Waals surface area contributed by atoms with Crippen LogP contribution in [0, 0.1) is 10.1 Å². The average Bonchev–Trinajstić information content (AvgIpc) is 3.29. The van der Waals surface area contributed by atoms with Crippen LogP contribution in [-0.4, -0.2) is 54.0 Å². The van der Waals surface area contributed by atoms with Crippen molar-refractivity contribution >= 4 is 28.6 Å². The monoisotopic (exact) mass is 424 g/mol. The Morgan fingerprint density at radius 1 is 1.10 bits per heavy atom. The normalized spacial score (nSPS) is 13.9. The first-order chi connectivity index (χ1) is 14.6. The lowest BCUT2D eigenvalue weighted by Gasteiger charge is -2.35. The smallest absolute Gasteiger partial charge is 0.292 e. The van der Waals surface area contributed by atoms with Crippen LogP contribution in [0.3, 0.4) is 0 Å². The molecule has 8 nitrogen and oxygen atoms in total. The predicted octanol–water partition coefficient (Wildman–Crippen LogP) is 3.69. The molecule has 2 heterocycles. The molecule has 0 atom stereocenters. The zero-order valence-electron chi connectivity index (χ0n) is 16.4. The largest absolute Gasteiger partial charge is 0.497 e. The Kier molecular flexibility index (Phi) is 5.62. The van der Waals surface area contributed by atoms with Gasteiger partial charge in [0.1, 0.15) is 22.1 Å². The van der Waals surface area contributed by atoms with Crippen LogP contribution in [0.4, 0.5) is 11.4 Å². The highest BCUT2D eigenvalue weighted by atomic mass is 32.1. The molecule has 1 aromatic heterocycles. The Bertz CT molecular complexity index is 1060. The molecule has 0 N–H and O–H groups in total. The summed E-state index contributed by atoms with van der Waals surface area (Å²) in [7, 11) is 1.62. The highest BCUT2D eigenvalue weighted by Gasteiger charge is 2.27. The van der Waals surface area contributed by atoms with E-state index in [9.17, 15) is 14.9 Å². The van der Waals surface area contributed by atoms with Crippen molar-refractivity contribution in [2.75, 3.05) is 38.2 Å². The molecule has 1 saturated heterocycles. The van der Waals surface area contributed by atoms with E-state index in [2.05, 4.69) is 4.98 Å². The summed E-state index contributed by atoms with van der Waals surface area (Å²) in [6, 6.07) is 14.2. The van der Waals surface area contributed by atoms with Gasteiger partial charge in [0, 0.05) is 43.2 Å². The van der Waals surface area contributed by atoms with Gasteiger partial charge in [-0.3, -0.25) is 14.9 Å². The van der Waals surface area contributed by atoms with Gasteiger partial charge in [0.2, 0.25) is 0 Å². The molecule has 0 radical (unpaired) electrons. The van der Waals surface area contributed by atoms with Crippen LogP contribution < -0.4 is 9.64 Å². The van der Waals surface area contributed by atoms with Gasteiger partial charge < -0.3 is 14.5 Å². The second kappa shape index (κ2) is 8.50. The summed E-state index contributed by atoms with van der Waals surface area (Å²) in [5, 5.41) is 13.8. The number of piperazine rings is 1. The topological polar surface area (TPSA) is 88.8 Å². The van der Waals surface area contributed by atoms with Crippen LogP contribution in [0.1, 0.15) is 10.5 Å². The minimum atomic E-state index is -0.372. The molecule has 1 amide bonds. The maximum atomic E-state index is 12.9. The van der Waals surface area contributed by atoms with E-state index in [0.717, 1.165) is 16.3 Å². The summed E-state index contributed by atoms with van der Waals surface area (Å²) in [6.07, 6.45) is 0. The quantitative estimate of drug-likeness (QED) is 0.458. The van der Waals surface area contributed by atoms with E-state index in [1.165, 1.54) is 17.4 Å². The van der Waals surface area contributed by atoms with Gasteiger partial charge in [0.05, 0.1) is 12.0 Å². The number of carbonyl (C=O) groups excluding carboxylic acids is 1. The van der Waals surface area contributed by atoms with Gasteiger partial charge in [-0.25, -0.2) is 4.98 Å². The molecule has 3 aromatic rings. The highest BCUT2D eigenvalue weighted by molar-refractivity contribution is 7.13. The van der Waals surface area contributed by atoms with Crippen molar-refractivity contribution in [3.63, 3.8) is 0 Å². The van der Waals surface area contributed by atoms with E-state index in [1.807, 2.05) is 29.2 Å². The fourth-order valence-electron chi connectivity index (χ4n) is 3.44. The number of para-hydroxylation sites is 2. The summed E-state index contributed by atoms with van der Waals surface area (Å²) >= 11 is 1.43. The van der Waals surface area contributed by atoms with Crippen molar-refractivity contribution in [1.29, 1.82) is 0 Å². The predicted molar refractivity (Wildman–Crippen MR) is 115 cm³/mol. The zero-order chi connectivity index (χ0) is 21.1. The van der Waals surface area contributed by atoms with E-state index in [-0.39, 0.29) is 16.5 Å². The van der Waals surface area contributed by atoms with Crippen molar-refractivity contribution in [2.24, 2.45) is 0 Å². The number of ether oxygens (including phenoxy) is 1. The first-order valence-electron chi connectivity index (χ1n) is 9.44. The molecular weight excluding hydrogens is 404 g/mol. The number of carbonyl (C=O) groups is 1. The second-order valence-electron chi connectivity index (χ2n) is 6.79. The van der Waals surface area contributed by atoms with Gasteiger partial charge in [0.15, 0.2) is 0 Å². The van der Waals surface area contributed by atoms with Crippen LogP contribution in [0.25, 0.3) is 10.6 Å². The van der Waals surface area contributed by atoms with Gasteiger partial charge in [-0.15, -0.1) is 11.3 Å². The number of hydrogen-bond donors (Lipinski definition) is 0. The van der Waals surface area contributed by atoms with Gasteiger partial charge in [-0.05, 0) is 30.3 Å². The molecule has 9 heteroatoms. The maximum Gasteiger partial charge on any atom is 0.292 e. The average molecular weight is 424 g/mol. The Morgan fingerprint density at radius 2 is 1.80 bits per heavy atom. The number of aromatic nitrogens is 1. The van der Waals surface area contributed by atoms with Crippen molar-refractivity contribution in [1.82, 2.24) is 9.88 Å². The first kappa shape index (κ1) is 19.8. The van der Waals surface area contributed by atoms with Crippen LogP contribution in [0.15, 0.2) is 53.9 Å². The maximum absolute atomic E-state index is 12.9. The van der Waals surface area contributed by atoms with Gasteiger partial charge in [-0.2, -0.15) is 0 Å². The third-order valence-electron chi connectivity index (χ3n) is 5.05. The van der Waals surface area contributed by atoms with E-state index in [0.29, 0.717) is 37.6 Å². The van der Waals surface area contributed by atoms with Crippen LogP contribution in [0.2, 0.25) is 0 Å². The number of benzene rings is 2. The summed E-state index contributed by atoms with van der Waals surface area (Å²) in [5.41, 5.74) is 2.02. The molecule has 1 aliphatic heterocycles. The first-order valence-corrected chi connectivity index (χ1v) is 10.3. The summed E-state index contributed by atoms with van der Waals surface area (Å²) in [6.45, 7) is 2.04. The standard InChI is InChI=1S/C21H20N4O4S/c1-29-16-8-6-15(7-9-16)20-22-17(14-30-20)21(26)24-12-10-23(11-13-24)18-4-2-3-5-19(18)25(27)28/h2-9,14H,10-13H2,1H3. The minimum Gasteiger partial charge on any atom is -0.497 e. The molecule has 0 spiro atoms. The molecule has 0 aliphatic carbocycles. The van der Waals surface area contributed by atoms with Gasteiger partial charge >= 0.3 is 0 Å². The lowest BCUT2D eigenvalue weighted by atomic mass is 10.2. The van der Waals surface area contributed by atoms with Gasteiger partial charge in [0.25, 0.3) is 11.6 Å². The molecule has 0 bridgehead atoms. The second-order valence-corrected chi connectivity index (χ2v) is 7.65. The molecule has 4 rings (SSSR count). The summed E-state index contributed by atoms with van der Waals surface area (Å²) < 4.78 is 5.17. The summed E-state index contributed by atoms with van der Waals surface area (Å²) in [4.78, 5) is 32.0. The van der Waals surface area contributed by atoms with Crippen LogP contribution in [-0.2, 0) is 0 Å². The molecule has 0 saturated carbocycles. The Hall–Kier alpha value is -3.46. The van der Waals surface area contributed by atoms with E-state index < -0.39 is 0 Å². The Labute approximate surface area is 177 Å². The number of nitro benzene ring substituents is 1. The fourth-order valence-corrected chi connectivity index (χ4v) is 4.24. The number of rotatable bonds is 5. The molecule has 2 aromatic carbocycles. The van der Waals surface area contributed by atoms with E-state index in [4.69, 9.17) is 4.74 Å². The van der Waals surface area contributed by atoms with Crippen molar-refractivity contribution < 1.29 is 14.5 Å². The minimum absolute atomic E-state index is 0.0842. The molecule has 154 valence electrons. The molecule has 1 fully saturated rings. The Morgan fingerprint density at radius 3 is 2.47 bits per heavy atom. The number of amides is 1. The van der Waals surface area contributed by atoms with Gasteiger partial charge in [-0.1, -0.05) is 12.1 Å². The SMILES string of the molecule is COc1ccc(-c2nc(C(=O)N3CCN(c4ccccc4[N+](=O)[O-])CC3)cs2)cc1. The number of nitro groups is 1. The molecular formula is C21H20N4O4S. The van der Waals surface area contributed by atoms with Crippen LogP contribution in [0.5, 0.6) is 5.75 Å². The summed E-state index contributed by atoms with van der Waals surface area (Å²) in [5.74, 6) is 0.649. The number of nitrogens with zero attached hydrogens (tertiary/aromatic N) is 4. The van der Waals surface area contributed by atoms with Crippen molar-refractivity contribution in [2.45, 2.75) is 0 Å². The highest BCUT2D eigenvalue weighted by Crippen LogP contribution is 2.29. The zero-order valence-corrected chi connectivity index (χ0v) is 17.2. The number of anilines is 1. The van der Waals surface area contributed by atoms with E-state index >= 15 is 0 Å². The third kappa shape index (κ3) is 3.97. The lowest BCUT2D eigenvalue weighted by Crippen LogP contribution is -2.49. The number of hydrogen-bond acceptors (Lipinski definition) is 7. The molecule has 1 aliphatic rings.